The molecule has 0 nitrogen and oxygen atoms in total. The summed E-state index contributed by atoms with van der Waals surface area (Å²) in [5.74, 6) is 0. The van der Waals surface area contributed by atoms with E-state index in [0.29, 0.717) is 16.5 Å². The lowest BCUT2D eigenvalue weighted by Crippen LogP contribution is -2.06. The number of rotatable bonds is 3. The van der Waals surface area contributed by atoms with Crippen LogP contribution >= 0.6 is 43.2 Å². The first-order chi connectivity index (χ1) is 8.88. The molecule has 1 unspecified atom stereocenters. The van der Waals surface area contributed by atoms with Gasteiger partial charge >= 0.3 is 6.18 Å². The number of halogens is 5. The van der Waals surface area contributed by atoms with E-state index in [-0.39, 0.29) is 4.83 Å². The molecule has 0 aliphatic heterocycles. The fourth-order valence-corrected chi connectivity index (χ4v) is 3.95. The Bertz CT molecular complexity index is 550. The first kappa shape index (κ1) is 15.1. The van der Waals surface area contributed by atoms with E-state index in [1.54, 1.807) is 11.3 Å². The van der Waals surface area contributed by atoms with Gasteiger partial charge in [-0.2, -0.15) is 24.5 Å². The first-order valence-corrected chi connectivity index (χ1v) is 8.05. The van der Waals surface area contributed by atoms with Crippen molar-refractivity contribution in [3.8, 4) is 0 Å². The minimum absolute atomic E-state index is 0.154. The standard InChI is InChI=1S/C13H9Br2F3S/c14-11-2-1-9(13(16,17)18)6-10(11)12(15)5-8-3-4-19-7-8/h1-4,6-7,12H,5H2. The van der Waals surface area contributed by atoms with Gasteiger partial charge in [0, 0.05) is 9.30 Å². The molecule has 2 rings (SSSR count). The van der Waals surface area contributed by atoms with Crippen molar-refractivity contribution in [1.82, 2.24) is 0 Å². The lowest BCUT2D eigenvalue weighted by molar-refractivity contribution is -0.137. The fraction of sp³-hybridized carbons (Fsp3) is 0.231. The van der Waals surface area contributed by atoms with E-state index in [1.807, 2.05) is 16.8 Å². The Balaban J connectivity index is 2.28. The van der Waals surface area contributed by atoms with Gasteiger partial charge in [-0.15, -0.1) is 0 Å². The second kappa shape index (κ2) is 5.97. The summed E-state index contributed by atoms with van der Waals surface area (Å²) in [5, 5.41) is 3.95. The molecular weight excluding hydrogens is 405 g/mol. The van der Waals surface area contributed by atoms with Crippen LogP contribution in [0.1, 0.15) is 21.5 Å². The van der Waals surface area contributed by atoms with Crippen molar-refractivity contribution in [1.29, 1.82) is 0 Å². The van der Waals surface area contributed by atoms with Crippen molar-refractivity contribution in [3.05, 3.63) is 56.2 Å². The third-order valence-electron chi connectivity index (χ3n) is 2.66. The maximum absolute atomic E-state index is 12.7. The molecule has 0 spiro atoms. The molecule has 19 heavy (non-hydrogen) atoms. The van der Waals surface area contributed by atoms with Crippen LogP contribution in [0.3, 0.4) is 0 Å². The third kappa shape index (κ3) is 3.83. The SMILES string of the molecule is FC(F)(F)c1ccc(Br)c(C(Br)Cc2ccsc2)c1. The minimum atomic E-state index is -4.31. The summed E-state index contributed by atoms with van der Waals surface area (Å²) in [7, 11) is 0. The Morgan fingerprint density at radius 2 is 1.95 bits per heavy atom. The molecule has 1 aromatic heterocycles. The average molecular weight is 414 g/mol. The summed E-state index contributed by atoms with van der Waals surface area (Å²) in [4.78, 5) is -0.154. The topological polar surface area (TPSA) is 0 Å². The van der Waals surface area contributed by atoms with Crippen LogP contribution in [0.5, 0.6) is 0 Å². The van der Waals surface area contributed by atoms with Crippen LogP contribution in [-0.2, 0) is 12.6 Å². The predicted molar refractivity (Wildman–Crippen MR) is 78.8 cm³/mol. The zero-order chi connectivity index (χ0) is 14.0. The molecule has 1 heterocycles. The molecule has 0 saturated heterocycles. The summed E-state index contributed by atoms with van der Waals surface area (Å²) in [5.41, 5.74) is 1.10. The molecule has 0 amide bonds. The van der Waals surface area contributed by atoms with Gasteiger partial charge in [-0.1, -0.05) is 31.9 Å². The smallest absolute Gasteiger partial charge is 0.166 e. The van der Waals surface area contributed by atoms with Gasteiger partial charge in [0.1, 0.15) is 0 Å². The molecule has 0 N–H and O–H groups in total. The van der Waals surface area contributed by atoms with Crippen LogP contribution in [0.4, 0.5) is 13.2 Å². The maximum Gasteiger partial charge on any atom is 0.416 e. The lowest BCUT2D eigenvalue weighted by atomic mass is 10.0. The fourth-order valence-electron chi connectivity index (χ4n) is 1.69. The average Bonchev–Trinajstić information content (AvgIpc) is 2.80. The van der Waals surface area contributed by atoms with Crippen molar-refractivity contribution in [2.45, 2.75) is 17.4 Å². The second-order valence-corrected chi connectivity index (χ2v) is 6.78. The van der Waals surface area contributed by atoms with Crippen LogP contribution in [0.25, 0.3) is 0 Å². The Hall–Kier alpha value is -0.330. The van der Waals surface area contributed by atoms with E-state index in [9.17, 15) is 13.2 Å². The van der Waals surface area contributed by atoms with Crippen molar-refractivity contribution in [3.63, 3.8) is 0 Å². The molecule has 102 valence electrons. The second-order valence-electron chi connectivity index (χ2n) is 4.04. The van der Waals surface area contributed by atoms with Gasteiger partial charge < -0.3 is 0 Å². The van der Waals surface area contributed by atoms with Gasteiger partial charge in [0.2, 0.25) is 0 Å². The van der Waals surface area contributed by atoms with E-state index in [0.717, 1.165) is 11.6 Å². The van der Waals surface area contributed by atoms with Gasteiger partial charge in [0.25, 0.3) is 0 Å². The number of hydrogen-bond donors (Lipinski definition) is 0. The Morgan fingerprint density at radius 1 is 1.21 bits per heavy atom. The van der Waals surface area contributed by atoms with Gasteiger partial charge in [-0.05, 0) is 52.6 Å². The molecular formula is C13H9Br2F3S. The summed E-state index contributed by atoms with van der Waals surface area (Å²) in [6.45, 7) is 0. The molecule has 0 fully saturated rings. The molecule has 0 saturated carbocycles. The van der Waals surface area contributed by atoms with Crippen LogP contribution in [0.2, 0.25) is 0 Å². The molecule has 0 aliphatic rings. The highest BCUT2D eigenvalue weighted by molar-refractivity contribution is 9.11. The summed E-state index contributed by atoms with van der Waals surface area (Å²) in [6, 6.07) is 5.69. The van der Waals surface area contributed by atoms with Crippen LogP contribution in [0.15, 0.2) is 39.5 Å². The summed E-state index contributed by atoms with van der Waals surface area (Å²) >= 11 is 8.35. The zero-order valence-corrected chi connectivity index (χ0v) is 13.5. The molecule has 0 bridgehead atoms. The normalized spacial score (nSPS) is 13.5. The quantitative estimate of drug-likeness (QED) is 0.525. The molecule has 6 heteroatoms. The molecule has 0 radical (unpaired) electrons. The predicted octanol–water partition coefficient (Wildman–Crippen LogP) is 6.21. The number of alkyl halides is 4. The van der Waals surface area contributed by atoms with Crippen LogP contribution in [0, 0.1) is 0 Å². The van der Waals surface area contributed by atoms with E-state index in [4.69, 9.17) is 0 Å². The molecule has 0 aliphatic carbocycles. The van der Waals surface area contributed by atoms with Gasteiger partial charge in [-0.25, -0.2) is 0 Å². The molecule has 2 aromatic rings. The minimum Gasteiger partial charge on any atom is -0.166 e. The Kier molecular flexibility index (Phi) is 4.74. The summed E-state index contributed by atoms with van der Waals surface area (Å²) < 4.78 is 38.8. The molecule has 1 aromatic carbocycles. The zero-order valence-electron chi connectivity index (χ0n) is 9.55. The largest absolute Gasteiger partial charge is 0.416 e. The lowest BCUT2D eigenvalue weighted by Gasteiger charge is -2.14. The number of hydrogen-bond acceptors (Lipinski definition) is 1. The van der Waals surface area contributed by atoms with Crippen LogP contribution in [-0.4, -0.2) is 0 Å². The highest BCUT2D eigenvalue weighted by Gasteiger charge is 2.31. The number of thiophene rings is 1. The number of benzene rings is 1. The van der Waals surface area contributed by atoms with Gasteiger partial charge in [0.15, 0.2) is 0 Å². The monoisotopic (exact) mass is 412 g/mol. The third-order valence-corrected chi connectivity index (χ3v) is 4.93. The molecule has 1 atom stereocenters. The first-order valence-electron chi connectivity index (χ1n) is 5.39. The maximum atomic E-state index is 12.7. The highest BCUT2D eigenvalue weighted by atomic mass is 79.9. The Morgan fingerprint density at radius 3 is 2.53 bits per heavy atom. The van der Waals surface area contributed by atoms with Crippen molar-refractivity contribution >= 4 is 43.2 Å². The van der Waals surface area contributed by atoms with E-state index in [2.05, 4.69) is 31.9 Å². The van der Waals surface area contributed by atoms with Crippen molar-refractivity contribution < 1.29 is 13.2 Å². The summed E-state index contributed by atoms with van der Waals surface area (Å²) in [6.07, 6.45) is -3.66. The Labute approximate surface area is 129 Å². The van der Waals surface area contributed by atoms with E-state index in [1.165, 1.54) is 12.1 Å². The highest BCUT2D eigenvalue weighted by Crippen LogP contribution is 2.37. The van der Waals surface area contributed by atoms with E-state index >= 15 is 0 Å². The van der Waals surface area contributed by atoms with Gasteiger partial charge in [0.05, 0.1) is 5.56 Å². The van der Waals surface area contributed by atoms with Crippen molar-refractivity contribution in [2.75, 3.05) is 0 Å². The van der Waals surface area contributed by atoms with Gasteiger partial charge in [-0.3, -0.25) is 0 Å². The van der Waals surface area contributed by atoms with Crippen LogP contribution < -0.4 is 0 Å². The van der Waals surface area contributed by atoms with E-state index < -0.39 is 11.7 Å². The van der Waals surface area contributed by atoms with Crippen molar-refractivity contribution in [2.24, 2.45) is 0 Å².